The van der Waals surface area contributed by atoms with E-state index in [0.717, 1.165) is 12.2 Å². The van der Waals surface area contributed by atoms with Crippen LogP contribution in [0.15, 0.2) is 17.3 Å². The van der Waals surface area contributed by atoms with Crippen LogP contribution in [0.4, 0.5) is 0 Å². The van der Waals surface area contributed by atoms with E-state index in [9.17, 15) is 0 Å². The van der Waals surface area contributed by atoms with Gasteiger partial charge in [0.25, 0.3) is 0 Å². The molecule has 4 nitrogen and oxygen atoms in total. The molecule has 1 aromatic rings. The summed E-state index contributed by atoms with van der Waals surface area (Å²) in [7, 11) is 3.78. The fourth-order valence-electron chi connectivity index (χ4n) is 1.12. The van der Waals surface area contributed by atoms with E-state index in [2.05, 4.69) is 10.4 Å². The molecule has 80 valence electrons. The van der Waals surface area contributed by atoms with Gasteiger partial charge in [-0.3, -0.25) is 4.68 Å². The zero-order chi connectivity index (χ0) is 10.4. The van der Waals surface area contributed by atoms with Gasteiger partial charge in [-0.25, -0.2) is 0 Å². The Kier molecular flexibility index (Phi) is 5.00. The van der Waals surface area contributed by atoms with Crippen LogP contribution in [-0.2, 0) is 7.05 Å². The molecule has 0 saturated heterocycles. The molecule has 1 aromatic heterocycles. The summed E-state index contributed by atoms with van der Waals surface area (Å²) < 4.78 is 1.80. The highest BCUT2D eigenvalue weighted by Crippen LogP contribution is 2.17. The van der Waals surface area contributed by atoms with Crippen LogP contribution in [0.25, 0.3) is 0 Å². The fraction of sp³-hybridized carbons (Fsp3) is 0.667. The molecule has 0 saturated carbocycles. The Morgan fingerprint density at radius 1 is 1.71 bits per heavy atom. The molecule has 0 spiro atoms. The van der Waals surface area contributed by atoms with Crippen molar-refractivity contribution in [3.8, 4) is 0 Å². The number of nitrogens with one attached hydrogen (secondary N) is 1. The molecule has 0 aliphatic rings. The summed E-state index contributed by atoms with van der Waals surface area (Å²) in [5, 5.41) is 16.1. The average Bonchev–Trinajstić information content (AvgIpc) is 2.59. The molecule has 0 amide bonds. The van der Waals surface area contributed by atoms with E-state index in [1.54, 1.807) is 16.4 Å². The van der Waals surface area contributed by atoms with Crippen molar-refractivity contribution in [3.63, 3.8) is 0 Å². The zero-order valence-corrected chi connectivity index (χ0v) is 9.42. The Balaban J connectivity index is 2.21. The standard InChI is InChI=1S/C9H17N3OS/c1-10-8(7-13)3-4-14-9-5-11-12(2)6-9/h5-6,8,10,13H,3-4,7H2,1-2H3. The Bertz CT molecular complexity index is 260. The van der Waals surface area contributed by atoms with Crippen LogP contribution in [0.2, 0.25) is 0 Å². The number of aliphatic hydroxyl groups is 1. The minimum absolute atomic E-state index is 0.199. The van der Waals surface area contributed by atoms with Crippen molar-refractivity contribution in [2.75, 3.05) is 19.4 Å². The number of aliphatic hydroxyl groups excluding tert-OH is 1. The van der Waals surface area contributed by atoms with Gasteiger partial charge in [0, 0.05) is 24.2 Å². The first-order valence-corrected chi connectivity index (χ1v) is 5.64. The lowest BCUT2D eigenvalue weighted by molar-refractivity contribution is 0.246. The van der Waals surface area contributed by atoms with E-state index in [4.69, 9.17) is 5.11 Å². The van der Waals surface area contributed by atoms with Crippen molar-refractivity contribution >= 4 is 11.8 Å². The maximum absolute atomic E-state index is 8.94. The molecule has 14 heavy (non-hydrogen) atoms. The van der Waals surface area contributed by atoms with Gasteiger partial charge in [0.2, 0.25) is 0 Å². The number of hydrogen-bond donors (Lipinski definition) is 2. The summed E-state index contributed by atoms with van der Waals surface area (Å²) in [6.07, 6.45) is 4.82. The van der Waals surface area contributed by atoms with Gasteiger partial charge in [0.15, 0.2) is 0 Å². The lowest BCUT2D eigenvalue weighted by Gasteiger charge is -2.11. The summed E-state index contributed by atoms with van der Waals surface area (Å²) in [6.45, 7) is 0.199. The van der Waals surface area contributed by atoms with E-state index < -0.39 is 0 Å². The van der Waals surface area contributed by atoms with Crippen molar-refractivity contribution in [1.82, 2.24) is 15.1 Å². The predicted molar refractivity (Wildman–Crippen MR) is 58.5 cm³/mol. The maximum atomic E-state index is 8.94. The number of thioether (sulfide) groups is 1. The van der Waals surface area contributed by atoms with Crippen molar-refractivity contribution in [3.05, 3.63) is 12.4 Å². The van der Waals surface area contributed by atoms with Crippen LogP contribution in [-0.4, -0.2) is 40.3 Å². The smallest absolute Gasteiger partial charge is 0.0625 e. The van der Waals surface area contributed by atoms with Gasteiger partial charge in [0.1, 0.15) is 0 Å². The van der Waals surface area contributed by atoms with Crippen LogP contribution in [0.3, 0.4) is 0 Å². The van der Waals surface area contributed by atoms with Crippen LogP contribution in [0.1, 0.15) is 6.42 Å². The highest BCUT2D eigenvalue weighted by Gasteiger charge is 2.04. The van der Waals surface area contributed by atoms with Crippen LogP contribution in [0, 0.1) is 0 Å². The van der Waals surface area contributed by atoms with Gasteiger partial charge < -0.3 is 10.4 Å². The molecule has 5 heteroatoms. The molecule has 0 fully saturated rings. The summed E-state index contributed by atoms with van der Waals surface area (Å²) in [5.74, 6) is 0.998. The summed E-state index contributed by atoms with van der Waals surface area (Å²) >= 11 is 1.77. The lowest BCUT2D eigenvalue weighted by Crippen LogP contribution is -2.29. The van der Waals surface area contributed by atoms with Crippen molar-refractivity contribution in [2.24, 2.45) is 7.05 Å². The molecule has 1 atom stereocenters. The zero-order valence-electron chi connectivity index (χ0n) is 8.60. The van der Waals surface area contributed by atoms with Crippen molar-refractivity contribution < 1.29 is 5.11 Å². The highest BCUT2D eigenvalue weighted by atomic mass is 32.2. The Labute approximate surface area is 88.7 Å². The summed E-state index contributed by atoms with van der Waals surface area (Å²) in [4.78, 5) is 1.18. The minimum atomic E-state index is 0.199. The quantitative estimate of drug-likeness (QED) is 0.678. The van der Waals surface area contributed by atoms with E-state index in [-0.39, 0.29) is 12.6 Å². The molecular weight excluding hydrogens is 198 g/mol. The Morgan fingerprint density at radius 2 is 2.50 bits per heavy atom. The molecule has 2 N–H and O–H groups in total. The van der Waals surface area contributed by atoms with E-state index >= 15 is 0 Å². The largest absolute Gasteiger partial charge is 0.395 e. The van der Waals surface area contributed by atoms with Gasteiger partial charge in [0.05, 0.1) is 12.8 Å². The number of aryl methyl sites for hydroxylation is 1. The van der Waals surface area contributed by atoms with Crippen LogP contribution < -0.4 is 5.32 Å². The number of aromatic nitrogens is 2. The summed E-state index contributed by atoms with van der Waals surface area (Å²) in [5.41, 5.74) is 0. The van der Waals surface area contributed by atoms with E-state index in [1.165, 1.54) is 4.90 Å². The topological polar surface area (TPSA) is 50.1 Å². The summed E-state index contributed by atoms with van der Waals surface area (Å²) in [6, 6.07) is 0.208. The lowest BCUT2D eigenvalue weighted by atomic mass is 10.2. The molecule has 1 rings (SSSR count). The first kappa shape index (κ1) is 11.6. The molecule has 0 aliphatic carbocycles. The molecule has 0 radical (unpaired) electrons. The van der Waals surface area contributed by atoms with Crippen LogP contribution in [0.5, 0.6) is 0 Å². The number of likely N-dealkylation sites (N-methyl/N-ethyl adjacent to an activating group) is 1. The van der Waals surface area contributed by atoms with Gasteiger partial charge in [-0.1, -0.05) is 0 Å². The Morgan fingerprint density at radius 3 is 3.00 bits per heavy atom. The first-order chi connectivity index (χ1) is 6.76. The first-order valence-electron chi connectivity index (χ1n) is 4.66. The SMILES string of the molecule is CNC(CO)CCSc1cnn(C)c1. The monoisotopic (exact) mass is 215 g/mol. The normalized spacial score (nSPS) is 13.1. The van der Waals surface area contributed by atoms with Gasteiger partial charge in [-0.15, -0.1) is 11.8 Å². The third-order valence-electron chi connectivity index (χ3n) is 2.04. The molecule has 0 aliphatic heterocycles. The van der Waals surface area contributed by atoms with Crippen molar-refractivity contribution in [1.29, 1.82) is 0 Å². The second kappa shape index (κ2) is 6.06. The number of rotatable bonds is 6. The second-order valence-corrected chi connectivity index (χ2v) is 4.32. The van der Waals surface area contributed by atoms with Crippen LogP contribution >= 0.6 is 11.8 Å². The number of hydrogen-bond acceptors (Lipinski definition) is 4. The van der Waals surface area contributed by atoms with Gasteiger partial charge in [-0.2, -0.15) is 5.10 Å². The van der Waals surface area contributed by atoms with Gasteiger partial charge >= 0.3 is 0 Å². The fourth-order valence-corrected chi connectivity index (χ4v) is 2.11. The van der Waals surface area contributed by atoms with Crippen molar-refractivity contribution in [2.45, 2.75) is 17.4 Å². The second-order valence-electron chi connectivity index (χ2n) is 3.16. The molecule has 0 aromatic carbocycles. The predicted octanol–water partition coefficient (Wildman–Crippen LogP) is 0.483. The third kappa shape index (κ3) is 3.69. The maximum Gasteiger partial charge on any atom is 0.0625 e. The van der Waals surface area contributed by atoms with Gasteiger partial charge in [-0.05, 0) is 19.2 Å². The van der Waals surface area contributed by atoms with E-state index in [0.29, 0.717) is 0 Å². The number of nitrogens with zero attached hydrogens (tertiary/aromatic N) is 2. The third-order valence-corrected chi connectivity index (χ3v) is 3.03. The average molecular weight is 215 g/mol. The molecule has 1 unspecified atom stereocenters. The highest BCUT2D eigenvalue weighted by molar-refractivity contribution is 7.99. The minimum Gasteiger partial charge on any atom is -0.395 e. The Hall–Kier alpha value is -0.520. The molecular formula is C9H17N3OS. The molecule has 0 bridgehead atoms. The van der Waals surface area contributed by atoms with E-state index in [1.807, 2.05) is 26.5 Å². The molecule has 1 heterocycles.